The molecular formula is C7H7Cl2N3O2. The van der Waals surface area contributed by atoms with Crippen LogP contribution in [0.15, 0.2) is 11.0 Å². The van der Waals surface area contributed by atoms with E-state index in [2.05, 4.69) is 10.4 Å². The van der Waals surface area contributed by atoms with E-state index in [1.807, 2.05) is 0 Å². The number of nitrogens with one attached hydrogen (secondary N) is 1. The molecule has 1 heterocycles. The van der Waals surface area contributed by atoms with Crippen LogP contribution in [0.1, 0.15) is 0 Å². The van der Waals surface area contributed by atoms with Crippen molar-refractivity contribution < 1.29 is 4.79 Å². The van der Waals surface area contributed by atoms with Crippen molar-refractivity contribution in [2.75, 3.05) is 11.2 Å². The highest BCUT2D eigenvalue weighted by Crippen LogP contribution is 2.14. The molecule has 0 aliphatic rings. The standard InChI is InChI=1S/C7H7Cl2N3O2/c1-12-7(14)6(9)4(3-10-12)11-5(13)2-8/h3H,2H2,1H3,(H,11,13). The number of aryl methyl sites for hydroxylation is 1. The van der Waals surface area contributed by atoms with E-state index < -0.39 is 11.5 Å². The zero-order valence-electron chi connectivity index (χ0n) is 7.25. The van der Waals surface area contributed by atoms with Crippen LogP contribution in [0, 0.1) is 0 Å². The number of carbonyl (C=O) groups excluding carboxylic acids is 1. The molecular weight excluding hydrogens is 229 g/mol. The third-order valence-corrected chi connectivity index (χ3v) is 2.08. The van der Waals surface area contributed by atoms with Crippen LogP contribution in [0.2, 0.25) is 5.02 Å². The molecule has 1 N–H and O–H groups in total. The predicted molar refractivity (Wildman–Crippen MR) is 53.8 cm³/mol. The minimum absolute atomic E-state index is 0.0824. The van der Waals surface area contributed by atoms with Crippen molar-refractivity contribution in [2.24, 2.45) is 7.05 Å². The second kappa shape index (κ2) is 4.43. The number of carbonyl (C=O) groups is 1. The molecule has 0 saturated heterocycles. The molecule has 0 saturated carbocycles. The van der Waals surface area contributed by atoms with Gasteiger partial charge < -0.3 is 5.32 Å². The Balaban J connectivity index is 3.06. The van der Waals surface area contributed by atoms with E-state index in [1.54, 1.807) is 0 Å². The van der Waals surface area contributed by atoms with Gasteiger partial charge in [0.2, 0.25) is 5.91 Å². The fourth-order valence-electron chi connectivity index (χ4n) is 0.781. The summed E-state index contributed by atoms with van der Waals surface area (Å²) in [5.41, 5.74) is -0.306. The zero-order valence-corrected chi connectivity index (χ0v) is 8.76. The second-order valence-corrected chi connectivity index (χ2v) is 3.13. The van der Waals surface area contributed by atoms with Crippen molar-refractivity contribution in [3.05, 3.63) is 21.6 Å². The normalized spacial score (nSPS) is 9.93. The molecule has 1 aromatic heterocycles. The Hall–Kier alpha value is -1.07. The van der Waals surface area contributed by atoms with Crippen molar-refractivity contribution in [1.82, 2.24) is 9.78 Å². The molecule has 1 aromatic rings. The number of aromatic nitrogens is 2. The Labute approximate surface area is 89.6 Å². The van der Waals surface area contributed by atoms with E-state index >= 15 is 0 Å². The van der Waals surface area contributed by atoms with Crippen LogP contribution in [-0.4, -0.2) is 21.6 Å². The molecule has 0 radical (unpaired) electrons. The summed E-state index contributed by atoms with van der Waals surface area (Å²) < 4.78 is 1.07. The van der Waals surface area contributed by atoms with Gasteiger partial charge in [0.15, 0.2) is 0 Å². The van der Waals surface area contributed by atoms with Crippen LogP contribution in [-0.2, 0) is 11.8 Å². The summed E-state index contributed by atoms with van der Waals surface area (Å²) in [6, 6.07) is 0. The van der Waals surface area contributed by atoms with Gasteiger partial charge in [0, 0.05) is 7.05 Å². The number of hydrogen-bond acceptors (Lipinski definition) is 3. The molecule has 0 fully saturated rings. The van der Waals surface area contributed by atoms with E-state index in [0.717, 1.165) is 4.68 Å². The predicted octanol–water partition coefficient (Wildman–Crippen LogP) is 0.611. The Morgan fingerprint density at radius 2 is 2.36 bits per heavy atom. The van der Waals surface area contributed by atoms with Gasteiger partial charge in [-0.1, -0.05) is 11.6 Å². The van der Waals surface area contributed by atoms with Crippen molar-refractivity contribution in [3.8, 4) is 0 Å². The van der Waals surface area contributed by atoms with Crippen molar-refractivity contribution in [2.45, 2.75) is 0 Å². The SMILES string of the molecule is Cn1ncc(NC(=O)CCl)c(Cl)c1=O. The van der Waals surface area contributed by atoms with Crippen LogP contribution in [0.5, 0.6) is 0 Å². The summed E-state index contributed by atoms with van der Waals surface area (Å²) in [6.07, 6.45) is 1.29. The molecule has 0 unspecified atom stereocenters. The van der Waals surface area contributed by atoms with Gasteiger partial charge in [0.1, 0.15) is 10.9 Å². The molecule has 1 rings (SSSR count). The first kappa shape index (κ1) is 11.0. The minimum atomic E-state index is -0.473. The largest absolute Gasteiger partial charge is 0.322 e. The fraction of sp³-hybridized carbons (Fsp3) is 0.286. The summed E-state index contributed by atoms with van der Waals surface area (Å²) in [5.74, 6) is -0.644. The lowest BCUT2D eigenvalue weighted by Gasteiger charge is -2.04. The van der Waals surface area contributed by atoms with Gasteiger partial charge in [0.25, 0.3) is 5.56 Å². The molecule has 0 aliphatic heterocycles. The highest BCUT2D eigenvalue weighted by molar-refractivity contribution is 6.34. The topological polar surface area (TPSA) is 64.0 Å². The Morgan fingerprint density at radius 3 is 2.93 bits per heavy atom. The molecule has 0 bridgehead atoms. The van der Waals surface area contributed by atoms with E-state index in [1.165, 1.54) is 13.2 Å². The number of anilines is 1. The highest BCUT2D eigenvalue weighted by Gasteiger charge is 2.09. The van der Waals surface area contributed by atoms with Gasteiger partial charge in [-0.2, -0.15) is 5.10 Å². The van der Waals surface area contributed by atoms with Crippen LogP contribution < -0.4 is 10.9 Å². The molecule has 7 heteroatoms. The van der Waals surface area contributed by atoms with Crippen LogP contribution in [0.25, 0.3) is 0 Å². The summed E-state index contributed by atoms with van der Waals surface area (Å²) in [5, 5.41) is 5.96. The third kappa shape index (κ3) is 2.24. The first-order valence-electron chi connectivity index (χ1n) is 3.64. The van der Waals surface area contributed by atoms with Crippen molar-refractivity contribution in [1.29, 1.82) is 0 Å². The molecule has 0 atom stereocenters. The average molecular weight is 236 g/mol. The van der Waals surface area contributed by atoms with E-state index in [-0.39, 0.29) is 16.6 Å². The van der Waals surface area contributed by atoms with Gasteiger partial charge in [-0.05, 0) is 0 Å². The monoisotopic (exact) mass is 235 g/mol. The fourth-order valence-corrected chi connectivity index (χ4v) is 1.07. The summed E-state index contributed by atoms with van der Waals surface area (Å²) in [7, 11) is 1.46. The summed E-state index contributed by atoms with van der Waals surface area (Å²) >= 11 is 10.9. The van der Waals surface area contributed by atoms with Gasteiger partial charge in [-0.25, -0.2) is 4.68 Å². The lowest BCUT2D eigenvalue weighted by Crippen LogP contribution is -2.23. The Bertz CT molecular complexity index is 416. The average Bonchev–Trinajstić information content (AvgIpc) is 2.19. The minimum Gasteiger partial charge on any atom is -0.322 e. The number of alkyl halides is 1. The Kier molecular flexibility index (Phi) is 3.49. The first-order valence-corrected chi connectivity index (χ1v) is 4.55. The van der Waals surface area contributed by atoms with Crippen molar-refractivity contribution >= 4 is 34.8 Å². The third-order valence-electron chi connectivity index (χ3n) is 1.47. The maximum atomic E-state index is 11.2. The number of halogens is 2. The lowest BCUT2D eigenvalue weighted by atomic mass is 10.4. The zero-order chi connectivity index (χ0) is 10.7. The first-order chi connectivity index (χ1) is 6.56. The number of hydrogen-bond donors (Lipinski definition) is 1. The molecule has 76 valence electrons. The Morgan fingerprint density at radius 1 is 1.71 bits per heavy atom. The van der Waals surface area contributed by atoms with Gasteiger partial charge >= 0.3 is 0 Å². The maximum Gasteiger partial charge on any atom is 0.287 e. The molecule has 0 aromatic carbocycles. The molecule has 0 spiro atoms. The van der Waals surface area contributed by atoms with E-state index in [9.17, 15) is 9.59 Å². The van der Waals surface area contributed by atoms with Crippen molar-refractivity contribution in [3.63, 3.8) is 0 Å². The van der Waals surface area contributed by atoms with Gasteiger partial charge in [-0.15, -0.1) is 11.6 Å². The van der Waals surface area contributed by atoms with Gasteiger partial charge in [-0.3, -0.25) is 9.59 Å². The molecule has 5 nitrogen and oxygen atoms in total. The maximum absolute atomic E-state index is 11.2. The number of rotatable bonds is 2. The van der Waals surface area contributed by atoms with Gasteiger partial charge in [0.05, 0.1) is 11.9 Å². The molecule has 0 aliphatic carbocycles. The number of nitrogens with zero attached hydrogens (tertiary/aromatic N) is 2. The highest BCUT2D eigenvalue weighted by atomic mass is 35.5. The smallest absolute Gasteiger partial charge is 0.287 e. The summed E-state index contributed by atoms with van der Waals surface area (Å²) in [6.45, 7) is 0. The summed E-state index contributed by atoms with van der Waals surface area (Å²) in [4.78, 5) is 22.1. The van der Waals surface area contributed by atoms with E-state index in [4.69, 9.17) is 23.2 Å². The van der Waals surface area contributed by atoms with Crippen LogP contribution in [0.4, 0.5) is 5.69 Å². The molecule has 14 heavy (non-hydrogen) atoms. The number of amides is 1. The van der Waals surface area contributed by atoms with Crippen LogP contribution in [0.3, 0.4) is 0 Å². The van der Waals surface area contributed by atoms with Crippen LogP contribution >= 0.6 is 23.2 Å². The molecule has 1 amide bonds. The quantitative estimate of drug-likeness (QED) is 0.765. The lowest BCUT2D eigenvalue weighted by molar-refractivity contribution is -0.113. The van der Waals surface area contributed by atoms with E-state index in [0.29, 0.717) is 0 Å². The second-order valence-electron chi connectivity index (χ2n) is 2.48.